The molecule has 0 bridgehead atoms. The first-order chi connectivity index (χ1) is 11.0. The van der Waals surface area contributed by atoms with Crippen LogP contribution in [0.25, 0.3) is 11.1 Å². The molecule has 0 spiro atoms. The maximum atomic E-state index is 12.2. The SMILES string of the molecule is Cc1nc2cc(NC(C)C(=O)Nc3cccc(Cl)c3)ccc2o1. The number of nitrogens with zero attached hydrogens (tertiary/aromatic N) is 1. The number of hydrogen-bond donors (Lipinski definition) is 2. The molecule has 0 fully saturated rings. The van der Waals surface area contributed by atoms with Gasteiger partial charge in [-0.1, -0.05) is 17.7 Å². The summed E-state index contributed by atoms with van der Waals surface area (Å²) in [7, 11) is 0. The molecule has 23 heavy (non-hydrogen) atoms. The number of carbonyl (C=O) groups excluding carboxylic acids is 1. The number of carbonyl (C=O) groups is 1. The number of aryl methyl sites for hydroxylation is 1. The Kier molecular flexibility index (Phi) is 4.21. The van der Waals surface area contributed by atoms with Gasteiger partial charge in [0.05, 0.1) is 0 Å². The van der Waals surface area contributed by atoms with Crippen molar-refractivity contribution in [1.29, 1.82) is 0 Å². The van der Waals surface area contributed by atoms with Crippen molar-refractivity contribution >= 4 is 40.0 Å². The third-order valence-electron chi connectivity index (χ3n) is 3.36. The van der Waals surface area contributed by atoms with E-state index >= 15 is 0 Å². The summed E-state index contributed by atoms with van der Waals surface area (Å²) in [6.07, 6.45) is 0. The van der Waals surface area contributed by atoms with Crippen LogP contribution in [-0.2, 0) is 4.79 Å². The highest BCUT2D eigenvalue weighted by Gasteiger charge is 2.13. The molecular formula is C17H16ClN3O2. The molecule has 3 aromatic rings. The average Bonchev–Trinajstić information content (AvgIpc) is 2.86. The fourth-order valence-electron chi connectivity index (χ4n) is 2.26. The smallest absolute Gasteiger partial charge is 0.246 e. The molecule has 1 aromatic heterocycles. The van der Waals surface area contributed by atoms with Crippen molar-refractivity contribution in [2.45, 2.75) is 19.9 Å². The largest absolute Gasteiger partial charge is 0.441 e. The van der Waals surface area contributed by atoms with Gasteiger partial charge in [0.1, 0.15) is 11.6 Å². The van der Waals surface area contributed by atoms with E-state index in [9.17, 15) is 4.79 Å². The van der Waals surface area contributed by atoms with E-state index in [1.165, 1.54) is 0 Å². The van der Waals surface area contributed by atoms with E-state index in [2.05, 4.69) is 15.6 Å². The van der Waals surface area contributed by atoms with Crippen molar-refractivity contribution < 1.29 is 9.21 Å². The molecule has 0 aliphatic rings. The second-order valence-electron chi connectivity index (χ2n) is 5.28. The molecule has 0 aliphatic carbocycles. The standard InChI is InChI=1S/C17H16ClN3O2/c1-10(17(22)21-13-5-3-4-12(18)8-13)19-14-6-7-16-15(9-14)20-11(2)23-16/h3-10,19H,1-2H3,(H,21,22). The Morgan fingerprint density at radius 3 is 2.83 bits per heavy atom. The molecular weight excluding hydrogens is 314 g/mol. The molecule has 3 rings (SSSR count). The maximum absolute atomic E-state index is 12.2. The average molecular weight is 330 g/mol. The van der Waals surface area contributed by atoms with Crippen LogP contribution in [0.5, 0.6) is 0 Å². The Bertz CT molecular complexity index is 860. The first-order valence-electron chi connectivity index (χ1n) is 7.21. The minimum absolute atomic E-state index is 0.149. The molecule has 0 aliphatic heterocycles. The predicted molar refractivity (Wildman–Crippen MR) is 91.9 cm³/mol. The molecule has 2 aromatic carbocycles. The second-order valence-corrected chi connectivity index (χ2v) is 5.72. The number of hydrogen-bond acceptors (Lipinski definition) is 4. The number of anilines is 2. The molecule has 2 N–H and O–H groups in total. The van der Waals surface area contributed by atoms with Gasteiger partial charge in [-0.15, -0.1) is 0 Å². The molecule has 5 nitrogen and oxygen atoms in total. The first-order valence-corrected chi connectivity index (χ1v) is 7.59. The summed E-state index contributed by atoms with van der Waals surface area (Å²) in [4.78, 5) is 16.5. The van der Waals surface area contributed by atoms with Crippen molar-refractivity contribution in [3.63, 3.8) is 0 Å². The highest BCUT2D eigenvalue weighted by Crippen LogP contribution is 2.20. The van der Waals surface area contributed by atoms with Gasteiger partial charge in [-0.3, -0.25) is 4.79 Å². The van der Waals surface area contributed by atoms with Crippen LogP contribution in [0.1, 0.15) is 12.8 Å². The van der Waals surface area contributed by atoms with Crippen LogP contribution in [0, 0.1) is 6.92 Å². The van der Waals surface area contributed by atoms with Gasteiger partial charge in [-0.05, 0) is 43.3 Å². The van der Waals surface area contributed by atoms with Crippen molar-refractivity contribution in [1.82, 2.24) is 4.98 Å². The van der Waals surface area contributed by atoms with E-state index in [1.807, 2.05) is 18.2 Å². The normalized spacial score (nSPS) is 12.1. The van der Waals surface area contributed by atoms with Crippen LogP contribution >= 0.6 is 11.6 Å². The van der Waals surface area contributed by atoms with E-state index in [0.29, 0.717) is 16.6 Å². The van der Waals surface area contributed by atoms with E-state index in [0.717, 1.165) is 16.8 Å². The van der Waals surface area contributed by atoms with E-state index in [1.54, 1.807) is 38.1 Å². The van der Waals surface area contributed by atoms with E-state index in [-0.39, 0.29) is 5.91 Å². The molecule has 0 saturated carbocycles. The minimum atomic E-state index is -0.417. The third kappa shape index (κ3) is 3.63. The zero-order chi connectivity index (χ0) is 16.4. The van der Waals surface area contributed by atoms with Gasteiger partial charge in [-0.2, -0.15) is 0 Å². The summed E-state index contributed by atoms with van der Waals surface area (Å²) in [5, 5.41) is 6.55. The Morgan fingerprint density at radius 2 is 2.04 bits per heavy atom. The van der Waals surface area contributed by atoms with Crippen molar-refractivity contribution in [2.24, 2.45) is 0 Å². The van der Waals surface area contributed by atoms with Gasteiger partial charge >= 0.3 is 0 Å². The lowest BCUT2D eigenvalue weighted by Crippen LogP contribution is -2.31. The summed E-state index contributed by atoms with van der Waals surface area (Å²) in [6, 6.07) is 12.2. The van der Waals surface area contributed by atoms with Gasteiger partial charge in [0.2, 0.25) is 5.91 Å². The number of benzene rings is 2. The number of nitrogens with one attached hydrogen (secondary N) is 2. The molecule has 0 radical (unpaired) electrons. The number of halogens is 1. The van der Waals surface area contributed by atoms with Gasteiger partial charge in [-0.25, -0.2) is 4.98 Å². The van der Waals surface area contributed by atoms with Crippen LogP contribution in [-0.4, -0.2) is 16.9 Å². The monoisotopic (exact) mass is 329 g/mol. The fraction of sp³-hybridized carbons (Fsp3) is 0.176. The zero-order valence-electron chi connectivity index (χ0n) is 12.8. The predicted octanol–water partition coefficient (Wildman–Crippen LogP) is 4.23. The Labute approximate surface area is 138 Å². The lowest BCUT2D eigenvalue weighted by Gasteiger charge is -2.15. The quantitative estimate of drug-likeness (QED) is 0.751. The van der Waals surface area contributed by atoms with Crippen LogP contribution in [0.15, 0.2) is 46.9 Å². The summed E-state index contributed by atoms with van der Waals surface area (Å²) < 4.78 is 5.43. The second kappa shape index (κ2) is 6.30. The van der Waals surface area contributed by atoms with Crippen molar-refractivity contribution in [3.05, 3.63) is 53.4 Å². The van der Waals surface area contributed by atoms with Gasteiger partial charge in [0.25, 0.3) is 0 Å². The molecule has 1 heterocycles. The zero-order valence-corrected chi connectivity index (χ0v) is 13.5. The van der Waals surface area contributed by atoms with Crippen LogP contribution < -0.4 is 10.6 Å². The van der Waals surface area contributed by atoms with Gasteiger partial charge < -0.3 is 15.1 Å². The molecule has 0 saturated heterocycles. The molecule has 118 valence electrons. The number of aromatic nitrogens is 1. The van der Waals surface area contributed by atoms with Crippen LogP contribution in [0.2, 0.25) is 5.02 Å². The molecule has 6 heteroatoms. The summed E-state index contributed by atoms with van der Waals surface area (Å²) in [5.41, 5.74) is 2.96. The summed E-state index contributed by atoms with van der Waals surface area (Å²) in [6.45, 7) is 3.59. The van der Waals surface area contributed by atoms with Crippen molar-refractivity contribution in [3.8, 4) is 0 Å². The fourth-order valence-corrected chi connectivity index (χ4v) is 2.45. The topological polar surface area (TPSA) is 67.2 Å². The van der Waals surface area contributed by atoms with E-state index < -0.39 is 6.04 Å². The Balaban J connectivity index is 1.69. The number of amides is 1. The minimum Gasteiger partial charge on any atom is -0.441 e. The first kappa shape index (κ1) is 15.4. The van der Waals surface area contributed by atoms with Crippen LogP contribution in [0.4, 0.5) is 11.4 Å². The highest BCUT2D eigenvalue weighted by molar-refractivity contribution is 6.30. The summed E-state index contributed by atoms with van der Waals surface area (Å²) in [5.74, 6) is 0.465. The maximum Gasteiger partial charge on any atom is 0.246 e. The lowest BCUT2D eigenvalue weighted by atomic mass is 10.2. The lowest BCUT2D eigenvalue weighted by molar-refractivity contribution is -0.116. The third-order valence-corrected chi connectivity index (χ3v) is 3.60. The molecule has 1 unspecified atom stereocenters. The Morgan fingerprint density at radius 1 is 1.22 bits per heavy atom. The van der Waals surface area contributed by atoms with Crippen LogP contribution in [0.3, 0.4) is 0 Å². The molecule has 1 amide bonds. The van der Waals surface area contributed by atoms with Crippen molar-refractivity contribution in [2.75, 3.05) is 10.6 Å². The number of oxazole rings is 1. The number of rotatable bonds is 4. The van der Waals surface area contributed by atoms with Gasteiger partial charge in [0.15, 0.2) is 11.5 Å². The number of fused-ring (bicyclic) bond motifs is 1. The van der Waals surface area contributed by atoms with E-state index in [4.69, 9.17) is 16.0 Å². The van der Waals surface area contributed by atoms with Gasteiger partial charge in [0, 0.05) is 23.3 Å². The molecule has 1 atom stereocenters. The Hall–Kier alpha value is -2.53. The highest BCUT2D eigenvalue weighted by atomic mass is 35.5. The summed E-state index contributed by atoms with van der Waals surface area (Å²) >= 11 is 5.91.